The van der Waals surface area contributed by atoms with Crippen molar-refractivity contribution in [1.82, 2.24) is 19.9 Å². The van der Waals surface area contributed by atoms with Crippen molar-refractivity contribution in [1.29, 1.82) is 0 Å². The van der Waals surface area contributed by atoms with Gasteiger partial charge in [-0.05, 0) is 37.6 Å². The second-order valence-corrected chi connectivity index (χ2v) is 11.0. The van der Waals surface area contributed by atoms with Crippen molar-refractivity contribution in [3.63, 3.8) is 0 Å². The summed E-state index contributed by atoms with van der Waals surface area (Å²) >= 11 is 7.48. The number of aryl methyl sites for hydroxylation is 2. The van der Waals surface area contributed by atoms with Crippen LogP contribution in [0.1, 0.15) is 31.4 Å². The summed E-state index contributed by atoms with van der Waals surface area (Å²) in [4.78, 5) is 43.4. The molecule has 0 radical (unpaired) electrons. The molecule has 212 valence electrons. The number of halogens is 1. The number of amides is 1. The predicted molar refractivity (Wildman–Crippen MR) is 162 cm³/mol. The number of esters is 1. The van der Waals surface area contributed by atoms with E-state index in [1.54, 1.807) is 18.2 Å². The number of hydrogen-bond donors (Lipinski definition) is 2. The number of piperazine rings is 1. The molecule has 1 saturated heterocycles. The van der Waals surface area contributed by atoms with Crippen LogP contribution in [-0.4, -0.2) is 71.1 Å². The van der Waals surface area contributed by atoms with E-state index in [9.17, 15) is 9.59 Å². The Hall–Kier alpha value is -4.06. The monoisotopic (exact) mass is 591 g/mol. The lowest BCUT2D eigenvalue weighted by atomic mass is 10.2. The molecule has 0 saturated carbocycles. The largest absolute Gasteiger partial charge is 0.461 e. The standard InChI is InChI=1S/C29H30ClN7O3S/c1-19-7-6-10-22(30)26(19)35-27(38)23-18-31-29(41-23)34-24-17-25(33-20(2)32-24)37-13-11-36(12-14-37)15-16-40-28(39)21-8-4-3-5-9-21/h3-10,17-18H,11-16H2,1-2H3,(H,35,38)(H,31,32,33,34). The minimum Gasteiger partial charge on any atom is -0.461 e. The Kier molecular flexibility index (Phi) is 9.07. The molecule has 1 aliphatic heterocycles. The average Bonchev–Trinajstić information content (AvgIpc) is 3.44. The van der Waals surface area contributed by atoms with E-state index in [-0.39, 0.29) is 11.9 Å². The molecule has 10 nitrogen and oxygen atoms in total. The molecule has 4 aromatic rings. The van der Waals surface area contributed by atoms with Crippen LogP contribution in [0.2, 0.25) is 5.02 Å². The second kappa shape index (κ2) is 13.1. The molecule has 3 heterocycles. The van der Waals surface area contributed by atoms with Gasteiger partial charge in [0.15, 0.2) is 5.13 Å². The van der Waals surface area contributed by atoms with E-state index in [1.165, 1.54) is 17.5 Å². The van der Waals surface area contributed by atoms with Gasteiger partial charge in [-0.1, -0.05) is 53.3 Å². The molecule has 0 spiro atoms. The van der Waals surface area contributed by atoms with Crippen molar-refractivity contribution in [2.45, 2.75) is 13.8 Å². The van der Waals surface area contributed by atoms with Gasteiger partial charge < -0.3 is 20.3 Å². The Morgan fingerprint density at radius 1 is 1.02 bits per heavy atom. The van der Waals surface area contributed by atoms with Gasteiger partial charge in [-0.25, -0.2) is 19.7 Å². The molecule has 0 bridgehead atoms. The van der Waals surface area contributed by atoms with Crippen molar-refractivity contribution in [3.05, 3.63) is 87.6 Å². The Balaban J connectivity index is 1.14. The molecule has 2 N–H and O–H groups in total. The molecular formula is C29H30ClN7O3S. The van der Waals surface area contributed by atoms with E-state index >= 15 is 0 Å². The Bertz CT molecular complexity index is 1500. The molecule has 2 aromatic heterocycles. The van der Waals surface area contributed by atoms with Crippen LogP contribution >= 0.6 is 22.9 Å². The SMILES string of the molecule is Cc1nc(Nc2ncc(C(=O)Nc3c(C)cccc3Cl)s2)cc(N2CCN(CCOC(=O)c3ccccc3)CC2)n1. The van der Waals surface area contributed by atoms with Gasteiger partial charge in [0.1, 0.15) is 28.9 Å². The Morgan fingerprint density at radius 2 is 1.80 bits per heavy atom. The summed E-state index contributed by atoms with van der Waals surface area (Å²) in [6, 6.07) is 16.4. The van der Waals surface area contributed by atoms with E-state index < -0.39 is 0 Å². The van der Waals surface area contributed by atoms with Gasteiger partial charge in [0, 0.05) is 38.8 Å². The van der Waals surface area contributed by atoms with Crippen LogP contribution in [0.25, 0.3) is 0 Å². The first-order chi connectivity index (χ1) is 19.9. The fraction of sp³-hybridized carbons (Fsp3) is 0.276. The molecule has 1 amide bonds. The molecular weight excluding hydrogens is 562 g/mol. The molecule has 0 aliphatic carbocycles. The maximum absolute atomic E-state index is 12.8. The summed E-state index contributed by atoms with van der Waals surface area (Å²) in [5.41, 5.74) is 2.03. The lowest BCUT2D eigenvalue weighted by molar-refractivity contribution is 0.0459. The summed E-state index contributed by atoms with van der Waals surface area (Å²) in [6.45, 7) is 7.98. The summed E-state index contributed by atoms with van der Waals surface area (Å²) in [6.07, 6.45) is 1.53. The first kappa shape index (κ1) is 28.5. The molecule has 1 fully saturated rings. The van der Waals surface area contributed by atoms with Gasteiger partial charge in [-0.3, -0.25) is 9.69 Å². The van der Waals surface area contributed by atoms with E-state index in [0.717, 1.165) is 37.6 Å². The first-order valence-corrected chi connectivity index (χ1v) is 14.4. The number of nitrogens with one attached hydrogen (secondary N) is 2. The Morgan fingerprint density at radius 3 is 2.56 bits per heavy atom. The zero-order valence-electron chi connectivity index (χ0n) is 22.8. The Labute approximate surface area is 247 Å². The lowest BCUT2D eigenvalue weighted by Gasteiger charge is -2.35. The van der Waals surface area contributed by atoms with Gasteiger partial charge in [-0.2, -0.15) is 0 Å². The summed E-state index contributed by atoms with van der Waals surface area (Å²) < 4.78 is 5.43. The van der Waals surface area contributed by atoms with Crippen LogP contribution in [0, 0.1) is 13.8 Å². The number of thiazole rings is 1. The third-order valence-electron chi connectivity index (χ3n) is 6.60. The number of hydrogen-bond acceptors (Lipinski definition) is 10. The van der Waals surface area contributed by atoms with Crippen LogP contribution in [0.15, 0.2) is 60.8 Å². The van der Waals surface area contributed by atoms with Gasteiger partial charge in [0.05, 0.1) is 22.5 Å². The number of ether oxygens (including phenoxy) is 1. The molecule has 41 heavy (non-hydrogen) atoms. The van der Waals surface area contributed by atoms with Crippen molar-refractivity contribution in [2.75, 3.05) is 54.9 Å². The zero-order valence-corrected chi connectivity index (χ0v) is 24.3. The number of anilines is 4. The number of carbonyl (C=O) groups excluding carboxylic acids is 2. The van der Waals surface area contributed by atoms with Crippen molar-refractivity contribution < 1.29 is 14.3 Å². The molecule has 0 atom stereocenters. The van der Waals surface area contributed by atoms with Crippen molar-refractivity contribution in [2.24, 2.45) is 0 Å². The average molecular weight is 592 g/mol. The second-order valence-electron chi connectivity index (χ2n) is 9.53. The van der Waals surface area contributed by atoms with Gasteiger partial charge in [0.25, 0.3) is 5.91 Å². The number of aromatic nitrogens is 3. The highest BCUT2D eigenvalue weighted by Crippen LogP contribution is 2.28. The van der Waals surface area contributed by atoms with Crippen LogP contribution in [-0.2, 0) is 4.74 Å². The van der Waals surface area contributed by atoms with E-state index in [0.29, 0.717) is 51.1 Å². The smallest absolute Gasteiger partial charge is 0.338 e. The minimum atomic E-state index is -0.301. The van der Waals surface area contributed by atoms with Crippen molar-refractivity contribution in [3.8, 4) is 0 Å². The van der Waals surface area contributed by atoms with E-state index in [4.69, 9.17) is 16.3 Å². The zero-order chi connectivity index (χ0) is 28.8. The number of nitrogens with zero attached hydrogens (tertiary/aromatic N) is 5. The fourth-order valence-electron chi connectivity index (χ4n) is 4.42. The normalized spacial score (nSPS) is 13.6. The molecule has 0 unspecified atom stereocenters. The predicted octanol–water partition coefficient (Wildman–Crippen LogP) is 5.18. The first-order valence-electron chi connectivity index (χ1n) is 13.2. The third-order valence-corrected chi connectivity index (χ3v) is 7.82. The molecule has 2 aromatic carbocycles. The number of carbonyl (C=O) groups is 2. The minimum absolute atomic E-state index is 0.279. The van der Waals surface area contributed by atoms with Gasteiger partial charge in [-0.15, -0.1) is 0 Å². The summed E-state index contributed by atoms with van der Waals surface area (Å²) in [7, 11) is 0. The quantitative estimate of drug-likeness (QED) is 0.254. The lowest BCUT2D eigenvalue weighted by Crippen LogP contribution is -2.47. The van der Waals surface area contributed by atoms with Crippen LogP contribution in [0.4, 0.5) is 22.5 Å². The third kappa shape index (κ3) is 7.37. The molecule has 12 heteroatoms. The van der Waals surface area contributed by atoms with Gasteiger partial charge >= 0.3 is 5.97 Å². The van der Waals surface area contributed by atoms with E-state index in [1.807, 2.05) is 50.2 Å². The highest BCUT2D eigenvalue weighted by atomic mass is 35.5. The molecule has 1 aliphatic rings. The van der Waals surface area contributed by atoms with Crippen LogP contribution in [0.5, 0.6) is 0 Å². The summed E-state index contributed by atoms with van der Waals surface area (Å²) in [5, 5.41) is 7.11. The topological polar surface area (TPSA) is 113 Å². The molecule has 5 rings (SSSR count). The maximum atomic E-state index is 12.8. The van der Waals surface area contributed by atoms with Gasteiger partial charge in [0.2, 0.25) is 0 Å². The number of benzene rings is 2. The van der Waals surface area contributed by atoms with Crippen molar-refractivity contribution >= 4 is 57.3 Å². The number of rotatable bonds is 9. The van der Waals surface area contributed by atoms with Crippen LogP contribution < -0.4 is 15.5 Å². The van der Waals surface area contributed by atoms with E-state index in [2.05, 4.69) is 35.4 Å². The number of para-hydroxylation sites is 1. The highest BCUT2D eigenvalue weighted by molar-refractivity contribution is 7.17. The van der Waals surface area contributed by atoms with Crippen LogP contribution in [0.3, 0.4) is 0 Å². The summed E-state index contributed by atoms with van der Waals surface area (Å²) in [5.74, 6) is 1.47. The highest BCUT2D eigenvalue weighted by Gasteiger charge is 2.20. The maximum Gasteiger partial charge on any atom is 0.338 e. The fourth-order valence-corrected chi connectivity index (χ4v) is 5.40.